The predicted octanol–water partition coefficient (Wildman–Crippen LogP) is 0.847. The van der Waals surface area contributed by atoms with E-state index < -0.39 is 37.0 Å². The van der Waals surface area contributed by atoms with Crippen molar-refractivity contribution in [3.05, 3.63) is 34.9 Å². The number of benzene rings is 1. The molecule has 0 aliphatic rings. The van der Waals surface area contributed by atoms with E-state index in [0.717, 1.165) is 0 Å². The molecule has 4 amide bonds. The molecule has 0 atom stereocenters. The highest BCUT2D eigenvalue weighted by Gasteiger charge is 2.13. The van der Waals surface area contributed by atoms with E-state index in [2.05, 4.69) is 15.4 Å². The molecule has 1 rings (SSSR count). The lowest BCUT2D eigenvalue weighted by Crippen LogP contribution is -2.44. The van der Waals surface area contributed by atoms with E-state index >= 15 is 0 Å². The van der Waals surface area contributed by atoms with Gasteiger partial charge < -0.3 is 15.4 Å². The van der Waals surface area contributed by atoms with Crippen LogP contribution in [0, 0.1) is 0 Å². The number of imide groups is 1. The first-order chi connectivity index (χ1) is 11.3. The van der Waals surface area contributed by atoms with Crippen LogP contribution in [0.3, 0.4) is 0 Å². The molecule has 1 aromatic rings. The molecule has 3 N–H and O–H groups in total. The van der Waals surface area contributed by atoms with Crippen LogP contribution < -0.4 is 16.0 Å². The summed E-state index contributed by atoms with van der Waals surface area (Å²) in [6.07, 6.45) is 0. The predicted molar refractivity (Wildman–Crippen MR) is 86.6 cm³/mol. The summed E-state index contributed by atoms with van der Waals surface area (Å²) in [4.78, 5) is 45.9. The normalized spacial score (nSPS) is 10.0. The highest BCUT2D eigenvalue weighted by Crippen LogP contribution is 2.09. The monoisotopic (exact) mass is 355 g/mol. The maximum atomic E-state index is 11.8. The van der Waals surface area contributed by atoms with Gasteiger partial charge in [0, 0.05) is 16.6 Å². The summed E-state index contributed by atoms with van der Waals surface area (Å²) >= 11 is 5.71. The first kappa shape index (κ1) is 19.4. The van der Waals surface area contributed by atoms with E-state index in [9.17, 15) is 19.2 Å². The summed E-state index contributed by atoms with van der Waals surface area (Å²) in [6.45, 7) is 2.43. The summed E-state index contributed by atoms with van der Waals surface area (Å²) in [7, 11) is 0. The van der Waals surface area contributed by atoms with Gasteiger partial charge in [0.1, 0.15) is 6.54 Å². The number of halogens is 1. The van der Waals surface area contributed by atoms with Crippen LogP contribution in [-0.2, 0) is 14.3 Å². The van der Waals surface area contributed by atoms with Crippen molar-refractivity contribution in [2.75, 3.05) is 13.2 Å². The van der Waals surface area contributed by atoms with Gasteiger partial charge in [0.15, 0.2) is 6.61 Å². The highest BCUT2D eigenvalue weighted by atomic mass is 35.5. The molecule has 0 unspecified atom stereocenters. The third-order valence-corrected chi connectivity index (χ3v) is 2.79. The minimum absolute atomic E-state index is 0.136. The molecule has 0 saturated heterocycles. The Morgan fingerprint density at radius 3 is 2.33 bits per heavy atom. The summed E-state index contributed by atoms with van der Waals surface area (Å²) in [5.41, 5.74) is 0.329. The zero-order chi connectivity index (χ0) is 18.1. The molecule has 0 aliphatic heterocycles. The molecule has 8 nitrogen and oxygen atoms in total. The van der Waals surface area contributed by atoms with Gasteiger partial charge in [-0.05, 0) is 38.1 Å². The van der Waals surface area contributed by atoms with Crippen LogP contribution in [-0.4, -0.2) is 43.0 Å². The van der Waals surface area contributed by atoms with E-state index in [1.54, 1.807) is 26.0 Å². The summed E-state index contributed by atoms with van der Waals surface area (Å²) in [5.74, 6) is -2.06. The van der Waals surface area contributed by atoms with Gasteiger partial charge in [-0.1, -0.05) is 11.6 Å². The molecule has 0 aromatic heterocycles. The van der Waals surface area contributed by atoms with Crippen LogP contribution >= 0.6 is 11.6 Å². The van der Waals surface area contributed by atoms with Crippen LogP contribution in [0.25, 0.3) is 0 Å². The number of rotatable bonds is 6. The Hall–Kier alpha value is -2.61. The van der Waals surface area contributed by atoms with Gasteiger partial charge in [-0.25, -0.2) is 4.79 Å². The average Bonchev–Trinajstić information content (AvgIpc) is 2.50. The van der Waals surface area contributed by atoms with E-state index in [-0.39, 0.29) is 6.04 Å². The third kappa shape index (κ3) is 7.59. The molecule has 9 heteroatoms. The summed E-state index contributed by atoms with van der Waals surface area (Å²) in [5, 5.41) is 7.27. The molecule has 0 heterocycles. The van der Waals surface area contributed by atoms with Crippen LogP contribution in [0.1, 0.15) is 24.2 Å². The number of hydrogen-bond acceptors (Lipinski definition) is 5. The van der Waals surface area contributed by atoms with Gasteiger partial charge in [0.25, 0.3) is 11.8 Å². The molecule has 0 saturated carbocycles. The molecule has 0 spiro atoms. The number of carbonyl (C=O) groups excluding carboxylic acids is 4. The van der Waals surface area contributed by atoms with Crippen LogP contribution in [0.4, 0.5) is 4.79 Å². The third-order valence-electron chi connectivity index (χ3n) is 2.54. The smallest absolute Gasteiger partial charge is 0.325 e. The Labute approximate surface area is 143 Å². The number of nitrogens with one attached hydrogen (secondary N) is 3. The zero-order valence-electron chi connectivity index (χ0n) is 13.2. The molecule has 1 aromatic carbocycles. The van der Waals surface area contributed by atoms with Crippen molar-refractivity contribution in [1.82, 2.24) is 16.0 Å². The Morgan fingerprint density at radius 2 is 1.75 bits per heavy atom. The molecule has 0 fully saturated rings. The standard InChI is InChI=1S/C15H18ClN3O5/c1-9(2)18-15(23)19-12(20)8-24-13(21)7-17-14(22)10-3-5-11(16)6-4-10/h3-6,9H,7-8H2,1-2H3,(H,17,22)(H2,18,19,20,23). The number of ether oxygens (including phenoxy) is 1. The van der Waals surface area contributed by atoms with Crippen molar-refractivity contribution >= 4 is 35.4 Å². The molecule has 0 aliphatic carbocycles. The molecular formula is C15H18ClN3O5. The summed E-state index contributed by atoms with van der Waals surface area (Å²) < 4.78 is 4.65. The van der Waals surface area contributed by atoms with E-state index in [1.165, 1.54) is 12.1 Å². The quantitative estimate of drug-likeness (QED) is 0.654. The second-order valence-electron chi connectivity index (χ2n) is 5.03. The SMILES string of the molecule is CC(C)NC(=O)NC(=O)COC(=O)CNC(=O)c1ccc(Cl)cc1. The molecule has 24 heavy (non-hydrogen) atoms. The first-order valence-corrected chi connectivity index (χ1v) is 7.45. The fraction of sp³-hybridized carbons (Fsp3) is 0.333. The van der Waals surface area contributed by atoms with Gasteiger partial charge in [0.05, 0.1) is 0 Å². The lowest BCUT2D eigenvalue weighted by Gasteiger charge is -2.09. The Bertz CT molecular complexity index is 616. The van der Waals surface area contributed by atoms with E-state index in [4.69, 9.17) is 11.6 Å². The van der Waals surface area contributed by atoms with Crippen LogP contribution in [0.5, 0.6) is 0 Å². The molecule has 0 bridgehead atoms. The Balaban J connectivity index is 2.28. The fourth-order valence-electron chi connectivity index (χ4n) is 1.51. The van der Waals surface area contributed by atoms with Crippen LogP contribution in [0.2, 0.25) is 5.02 Å². The topological polar surface area (TPSA) is 114 Å². The van der Waals surface area contributed by atoms with Crippen molar-refractivity contribution < 1.29 is 23.9 Å². The van der Waals surface area contributed by atoms with Crippen LogP contribution in [0.15, 0.2) is 24.3 Å². The van der Waals surface area contributed by atoms with Crippen molar-refractivity contribution in [3.63, 3.8) is 0 Å². The second kappa shape index (κ2) is 9.51. The van der Waals surface area contributed by atoms with Gasteiger partial charge in [-0.15, -0.1) is 0 Å². The summed E-state index contributed by atoms with van der Waals surface area (Å²) in [6, 6.07) is 5.28. The Kier molecular flexibility index (Phi) is 7.70. The number of hydrogen-bond donors (Lipinski definition) is 3. The highest BCUT2D eigenvalue weighted by molar-refractivity contribution is 6.30. The zero-order valence-corrected chi connectivity index (χ0v) is 14.0. The molecule has 130 valence electrons. The maximum absolute atomic E-state index is 11.8. The lowest BCUT2D eigenvalue weighted by molar-refractivity contribution is -0.147. The number of esters is 1. The van der Waals surface area contributed by atoms with Crippen molar-refractivity contribution in [2.45, 2.75) is 19.9 Å². The first-order valence-electron chi connectivity index (χ1n) is 7.07. The van der Waals surface area contributed by atoms with Crippen molar-refractivity contribution in [1.29, 1.82) is 0 Å². The maximum Gasteiger partial charge on any atom is 0.325 e. The average molecular weight is 356 g/mol. The Morgan fingerprint density at radius 1 is 1.12 bits per heavy atom. The molecule has 0 radical (unpaired) electrons. The van der Waals surface area contributed by atoms with E-state index in [0.29, 0.717) is 10.6 Å². The second-order valence-corrected chi connectivity index (χ2v) is 5.46. The molecular weight excluding hydrogens is 338 g/mol. The lowest BCUT2D eigenvalue weighted by atomic mass is 10.2. The minimum Gasteiger partial charge on any atom is -0.454 e. The minimum atomic E-state index is -0.809. The van der Waals surface area contributed by atoms with Gasteiger partial charge in [-0.3, -0.25) is 19.7 Å². The fourth-order valence-corrected chi connectivity index (χ4v) is 1.64. The van der Waals surface area contributed by atoms with Gasteiger partial charge >= 0.3 is 12.0 Å². The van der Waals surface area contributed by atoms with Crippen molar-refractivity contribution in [3.8, 4) is 0 Å². The largest absolute Gasteiger partial charge is 0.454 e. The number of carbonyl (C=O) groups is 4. The number of amides is 4. The van der Waals surface area contributed by atoms with Gasteiger partial charge in [0.2, 0.25) is 0 Å². The van der Waals surface area contributed by atoms with E-state index in [1.807, 2.05) is 5.32 Å². The van der Waals surface area contributed by atoms with Gasteiger partial charge in [-0.2, -0.15) is 0 Å². The van der Waals surface area contributed by atoms with Crippen molar-refractivity contribution in [2.24, 2.45) is 0 Å². The number of urea groups is 1.